The van der Waals surface area contributed by atoms with E-state index in [1.54, 1.807) is 6.07 Å². The summed E-state index contributed by atoms with van der Waals surface area (Å²) in [5.41, 5.74) is 0.666. The van der Waals surface area contributed by atoms with Crippen LogP contribution in [0.2, 0.25) is 5.02 Å². The van der Waals surface area contributed by atoms with Gasteiger partial charge in [-0.05, 0) is 57.0 Å². The molecule has 1 aromatic rings. The molecule has 1 saturated carbocycles. The highest BCUT2D eigenvalue weighted by molar-refractivity contribution is 6.32. The van der Waals surface area contributed by atoms with E-state index in [1.807, 2.05) is 12.1 Å². The van der Waals surface area contributed by atoms with E-state index in [9.17, 15) is 4.79 Å². The van der Waals surface area contributed by atoms with Crippen molar-refractivity contribution in [1.82, 2.24) is 10.2 Å². The van der Waals surface area contributed by atoms with Gasteiger partial charge in [0.1, 0.15) is 5.75 Å². The number of hydrogen-bond acceptors (Lipinski definition) is 3. The first-order valence-corrected chi connectivity index (χ1v) is 9.23. The Morgan fingerprint density at radius 3 is 2.62 bits per heavy atom. The number of anilines is 1. The van der Waals surface area contributed by atoms with E-state index < -0.39 is 0 Å². The zero-order valence-corrected chi connectivity index (χ0v) is 15.4. The molecule has 2 N–H and O–H groups in total. The third-order valence-corrected chi connectivity index (χ3v) is 4.69. The fourth-order valence-electron chi connectivity index (χ4n) is 2.90. The van der Waals surface area contributed by atoms with Crippen LogP contribution in [0.15, 0.2) is 18.2 Å². The lowest BCUT2D eigenvalue weighted by molar-refractivity contribution is 0.210. The molecule has 0 aromatic heterocycles. The van der Waals surface area contributed by atoms with Crippen molar-refractivity contribution in [2.45, 2.75) is 45.6 Å². The predicted molar refractivity (Wildman–Crippen MR) is 99.1 cm³/mol. The number of likely N-dealkylation sites (N-methyl/N-ethyl adjacent to an activating group) is 1. The van der Waals surface area contributed by atoms with Crippen LogP contribution in [0.3, 0.4) is 0 Å². The maximum absolute atomic E-state index is 11.9. The first-order valence-electron chi connectivity index (χ1n) is 8.85. The normalized spacial score (nSPS) is 14.8. The van der Waals surface area contributed by atoms with Crippen LogP contribution in [-0.4, -0.2) is 43.2 Å². The number of amides is 2. The van der Waals surface area contributed by atoms with E-state index >= 15 is 0 Å². The van der Waals surface area contributed by atoms with Crippen LogP contribution in [0.5, 0.6) is 5.75 Å². The summed E-state index contributed by atoms with van der Waals surface area (Å²) in [6.45, 7) is 7.65. The number of halogens is 1. The Kier molecular flexibility index (Phi) is 7.66. The number of rotatable bonds is 8. The molecule has 1 aromatic carbocycles. The van der Waals surface area contributed by atoms with Crippen LogP contribution in [0.4, 0.5) is 10.5 Å². The van der Waals surface area contributed by atoms with Crippen molar-refractivity contribution in [2.24, 2.45) is 0 Å². The molecule has 134 valence electrons. The lowest BCUT2D eigenvalue weighted by Gasteiger charge is -2.18. The molecule has 0 bridgehead atoms. The molecular formula is C18H28ClN3O2. The molecule has 24 heavy (non-hydrogen) atoms. The maximum Gasteiger partial charge on any atom is 0.319 e. The van der Waals surface area contributed by atoms with Crippen molar-refractivity contribution in [3.63, 3.8) is 0 Å². The van der Waals surface area contributed by atoms with E-state index in [0.29, 0.717) is 23.0 Å². The number of hydrogen-bond donors (Lipinski definition) is 2. The van der Waals surface area contributed by atoms with Crippen molar-refractivity contribution in [1.29, 1.82) is 0 Å². The summed E-state index contributed by atoms with van der Waals surface area (Å²) in [6, 6.07) is 5.16. The number of urea groups is 1. The minimum absolute atomic E-state index is 0.220. The summed E-state index contributed by atoms with van der Waals surface area (Å²) >= 11 is 6.27. The van der Waals surface area contributed by atoms with E-state index in [4.69, 9.17) is 16.3 Å². The van der Waals surface area contributed by atoms with Crippen LogP contribution >= 0.6 is 11.6 Å². The number of carbonyl (C=O) groups excluding carboxylic acids is 1. The van der Waals surface area contributed by atoms with Gasteiger partial charge in [0.15, 0.2) is 0 Å². The minimum atomic E-state index is -0.220. The highest BCUT2D eigenvalue weighted by Gasteiger charge is 2.17. The van der Waals surface area contributed by atoms with Gasteiger partial charge in [0.2, 0.25) is 0 Å². The summed E-state index contributed by atoms with van der Waals surface area (Å²) in [5, 5.41) is 6.19. The zero-order chi connectivity index (χ0) is 17.4. The smallest absolute Gasteiger partial charge is 0.319 e. The molecule has 0 heterocycles. The molecule has 0 unspecified atom stereocenters. The van der Waals surface area contributed by atoms with Crippen LogP contribution in [0, 0.1) is 0 Å². The van der Waals surface area contributed by atoms with Gasteiger partial charge in [0, 0.05) is 18.8 Å². The van der Waals surface area contributed by atoms with Gasteiger partial charge in [0.25, 0.3) is 0 Å². The Labute approximate surface area is 149 Å². The molecule has 1 aliphatic carbocycles. The molecule has 1 aliphatic rings. The second kappa shape index (κ2) is 9.74. The summed E-state index contributed by atoms with van der Waals surface area (Å²) in [5.74, 6) is 0.691. The minimum Gasteiger partial charge on any atom is -0.489 e. The molecule has 0 atom stereocenters. The van der Waals surface area contributed by atoms with E-state index in [1.165, 1.54) is 12.8 Å². The Morgan fingerprint density at radius 1 is 1.29 bits per heavy atom. The van der Waals surface area contributed by atoms with Crippen molar-refractivity contribution in [3.05, 3.63) is 23.2 Å². The van der Waals surface area contributed by atoms with Crippen molar-refractivity contribution in [2.75, 3.05) is 31.5 Å². The average Bonchev–Trinajstić information content (AvgIpc) is 3.07. The van der Waals surface area contributed by atoms with Crippen LogP contribution in [0.25, 0.3) is 0 Å². The number of carbonyl (C=O) groups is 1. The third-order valence-electron chi connectivity index (χ3n) is 4.39. The van der Waals surface area contributed by atoms with Gasteiger partial charge in [0.05, 0.1) is 11.1 Å². The van der Waals surface area contributed by atoms with E-state index in [2.05, 4.69) is 29.4 Å². The highest BCUT2D eigenvalue weighted by Crippen LogP contribution is 2.31. The average molecular weight is 354 g/mol. The molecule has 2 amide bonds. The summed E-state index contributed by atoms with van der Waals surface area (Å²) < 4.78 is 5.92. The Morgan fingerprint density at radius 2 is 2.00 bits per heavy atom. The third kappa shape index (κ3) is 5.87. The van der Waals surface area contributed by atoms with Crippen molar-refractivity contribution >= 4 is 23.3 Å². The molecular weight excluding hydrogens is 326 g/mol. The quantitative estimate of drug-likeness (QED) is 0.739. The van der Waals surface area contributed by atoms with Gasteiger partial charge in [-0.3, -0.25) is 0 Å². The SMILES string of the molecule is CCN(CC)CCNC(=O)Nc1ccc(OC2CCCC2)c(Cl)c1. The Hall–Kier alpha value is -1.46. The summed E-state index contributed by atoms with van der Waals surface area (Å²) in [6.07, 6.45) is 4.88. The lowest BCUT2D eigenvalue weighted by atomic mass is 10.2. The van der Waals surface area contributed by atoms with Crippen molar-refractivity contribution in [3.8, 4) is 5.75 Å². The summed E-state index contributed by atoms with van der Waals surface area (Å²) in [4.78, 5) is 14.2. The number of nitrogens with one attached hydrogen (secondary N) is 2. The van der Waals surface area contributed by atoms with Gasteiger partial charge in [-0.25, -0.2) is 4.79 Å². The molecule has 0 radical (unpaired) electrons. The van der Waals surface area contributed by atoms with Gasteiger partial charge in [-0.2, -0.15) is 0 Å². The standard InChI is InChI=1S/C18H28ClN3O2/c1-3-22(4-2)12-11-20-18(23)21-14-9-10-17(16(19)13-14)24-15-7-5-6-8-15/h9-10,13,15H,3-8,11-12H2,1-2H3,(H2,20,21,23). The molecule has 0 spiro atoms. The first-order chi connectivity index (χ1) is 11.6. The largest absolute Gasteiger partial charge is 0.489 e. The van der Waals surface area contributed by atoms with Crippen LogP contribution < -0.4 is 15.4 Å². The Bertz CT molecular complexity index is 529. The van der Waals surface area contributed by atoms with Gasteiger partial charge < -0.3 is 20.3 Å². The fourth-order valence-corrected chi connectivity index (χ4v) is 3.13. The van der Waals surface area contributed by atoms with E-state index in [0.717, 1.165) is 32.5 Å². The predicted octanol–water partition coefficient (Wildman–Crippen LogP) is 4.12. The highest BCUT2D eigenvalue weighted by atomic mass is 35.5. The second-order valence-corrected chi connectivity index (χ2v) is 6.48. The molecule has 5 nitrogen and oxygen atoms in total. The number of ether oxygens (including phenoxy) is 1. The topological polar surface area (TPSA) is 53.6 Å². The Balaban J connectivity index is 1.79. The molecule has 1 fully saturated rings. The van der Waals surface area contributed by atoms with Gasteiger partial charge >= 0.3 is 6.03 Å². The zero-order valence-electron chi connectivity index (χ0n) is 14.6. The van der Waals surface area contributed by atoms with Gasteiger partial charge in [-0.1, -0.05) is 25.4 Å². The van der Waals surface area contributed by atoms with Crippen LogP contribution in [-0.2, 0) is 0 Å². The number of benzene rings is 1. The molecule has 6 heteroatoms. The summed E-state index contributed by atoms with van der Waals surface area (Å²) in [7, 11) is 0. The fraction of sp³-hybridized carbons (Fsp3) is 0.611. The van der Waals surface area contributed by atoms with Crippen molar-refractivity contribution < 1.29 is 9.53 Å². The monoisotopic (exact) mass is 353 g/mol. The van der Waals surface area contributed by atoms with Gasteiger partial charge in [-0.15, -0.1) is 0 Å². The van der Waals surface area contributed by atoms with Crippen LogP contribution in [0.1, 0.15) is 39.5 Å². The number of nitrogens with zero attached hydrogens (tertiary/aromatic N) is 1. The first kappa shape index (κ1) is 18.9. The molecule has 0 aliphatic heterocycles. The molecule has 2 rings (SSSR count). The molecule has 0 saturated heterocycles. The maximum atomic E-state index is 11.9. The second-order valence-electron chi connectivity index (χ2n) is 6.08. The lowest BCUT2D eigenvalue weighted by Crippen LogP contribution is -2.36. The van der Waals surface area contributed by atoms with E-state index in [-0.39, 0.29) is 12.1 Å².